The highest BCUT2D eigenvalue weighted by Crippen LogP contribution is 2.22. The number of carbonyl (C=O) groups is 1. The van der Waals surface area contributed by atoms with Gasteiger partial charge in [-0.15, -0.1) is 12.4 Å². The Bertz CT molecular complexity index is 460. The number of rotatable bonds is 6. The summed E-state index contributed by atoms with van der Waals surface area (Å²) in [7, 11) is 0. The van der Waals surface area contributed by atoms with Gasteiger partial charge in [-0.25, -0.2) is 0 Å². The number of benzene rings is 1. The summed E-state index contributed by atoms with van der Waals surface area (Å²) in [6.07, 6.45) is 3.80. The Morgan fingerprint density at radius 3 is 2.90 bits per heavy atom. The van der Waals surface area contributed by atoms with Crippen molar-refractivity contribution in [1.82, 2.24) is 5.32 Å². The number of halogens is 1. The van der Waals surface area contributed by atoms with Gasteiger partial charge in [-0.05, 0) is 56.5 Å². The highest BCUT2D eigenvalue weighted by molar-refractivity contribution is 5.92. The van der Waals surface area contributed by atoms with E-state index in [-0.39, 0.29) is 18.3 Å². The SMILES string of the molecule is CCCOc1ccc(NC(=O)CC2CCCN2)c(C)c1.Cl. The van der Waals surface area contributed by atoms with Crippen molar-refractivity contribution >= 4 is 24.0 Å². The van der Waals surface area contributed by atoms with E-state index in [1.165, 1.54) is 6.42 Å². The van der Waals surface area contributed by atoms with Gasteiger partial charge < -0.3 is 15.4 Å². The molecule has 21 heavy (non-hydrogen) atoms. The molecule has 1 heterocycles. The third-order valence-electron chi connectivity index (χ3n) is 3.54. The van der Waals surface area contributed by atoms with Crippen LogP contribution in [-0.2, 0) is 4.79 Å². The van der Waals surface area contributed by atoms with Crippen LogP contribution in [0.1, 0.15) is 38.2 Å². The minimum Gasteiger partial charge on any atom is -0.494 e. The second kappa shape index (κ2) is 8.90. The number of aryl methyl sites for hydroxylation is 1. The molecule has 1 aliphatic rings. The predicted molar refractivity (Wildman–Crippen MR) is 88.5 cm³/mol. The highest BCUT2D eigenvalue weighted by Gasteiger charge is 2.17. The van der Waals surface area contributed by atoms with Crippen LogP contribution in [0.5, 0.6) is 5.75 Å². The topological polar surface area (TPSA) is 50.4 Å². The zero-order valence-corrected chi connectivity index (χ0v) is 13.6. The molecule has 5 heteroatoms. The molecule has 1 aliphatic heterocycles. The minimum absolute atomic E-state index is 0. The fourth-order valence-corrected chi connectivity index (χ4v) is 2.44. The van der Waals surface area contributed by atoms with Crippen molar-refractivity contribution in [3.8, 4) is 5.75 Å². The third kappa shape index (κ3) is 5.56. The molecule has 0 radical (unpaired) electrons. The van der Waals surface area contributed by atoms with Crippen LogP contribution >= 0.6 is 12.4 Å². The van der Waals surface area contributed by atoms with Crippen LogP contribution in [0.15, 0.2) is 18.2 Å². The van der Waals surface area contributed by atoms with E-state index < -0.39 is 0 Å². The van der Waals surface area contributed by atoms with Crippen LogP contribution < -0.4 is 15.4 Å². The first kappa shape index (κ1) is 17.8. The van der Waals surface area contributed by atoms with E-state index >= 15 is 0 Å². The zero-order chi connectivity index (χ0) is 14.4. The molecule has 0 aliphatic carbocycles. The summed E-state index contributed by atoms with van der Waals surface area (Å²) in [5, 5.41) is 6.33. The smallest absolute Gasteiger partial charge is 0.225 e. The minimum atomic E-state index is 0. The first-order valence-corrected chi connectivity index (χ1v) is 7.45. The quantitative estimate of drug-likeness (QED) is 0.847. The van der Waals surface area contributed by atoms with Gasteiger partial charge >= 0.3 is 0 Å². The molecule has 0 saturated carbocycles. The van der Waals surface area contributed by atoms with Crippen LogP contribution in [0.2, 0.25) is 0 Å². The summed E-state index contributed by atoms with van der Waals surface area (Å²) in [5.74, 6) is 0.939. The van der Waals surface area contributed by atoms with Gasteiger partial charge in [0.15, 0.2) is 0 Å². The van der Waals surface area contributed by atoms with E-state index in [4.69, 9.17) is 4.74 Å². The summed E-state index contributed by atoms with van der Waals surface area (Å²) in [4.78, 5) is 12.0. The van der Waals surface area contributed by atoms with Crippen molar-refractivity contribution in [2.45, 2.75) is 45.6 Å². The lowest BCUT2D eigenvalue weighted by Crippen LogP contribution is -2.27. The van der Waals surface area contributed by atoms with E-state index in [2.05, 4.69) is 17.6 Å². The van der Waals surface area contributed by atoms with Gasteiger partial charge in [-0.2, -0.15) is 0 Å². The van der Waals surface area contributed by atoms with Crippen molar-refractivity contribution in [2.24, 2.45) is 0 Å². The maximum Gasteiger partial charge on any atom is 0.225 e. The number of hydrogen-bond donors (Lipinski definition) is 2. The molecule has 118 valence electrons. The lowest BCUT2D eigenvalue weighted by atomic mass is 10.1. The normalized spacial score (nSPS) is 17.1. The maximum absolute atomic E-state index is 12.0. The van der Waals surface area contributed by atoms with Crippen molar-refractivity contribution in [3.05, 3.63) is 23.8 Å². The van der Waals surface area contributed by atoms with Gasteiger partial charge in [-0.3, -0.25) is 4.79 Å². The fraction of sp³-hybridized carbons (Fsp3) is 0.562. The molecule has 4 nitrogen and oxygen atoms in total. The van der Waals surface area contributed by atoms with Crippen LogP contribution in [-0.4, -0.2) is 25.1 Å². The molecule has 1 fully saturated rings. The number of ether oxygens (including phenoxy) is 1. The Hall–Kier alpha value is -1.26. The van der Waals surface area contributed by atoms with E-state index in [0.717, 1.165) is 43.0 Å². The molecule has 1 aromatic carbocycles. The standard InChI is InChI=1S/C16H24N2O2.ClH/c1-3-9-20-14-6-7-15(12(2)10-14)18-16(19)11-13-5-4-8-17-13;/h6-7,10,13,17H,3-5,8-9,11H2,1-2H3,(H,18,19);1H. The lowest BCUT2D eigenvalue weighted by molar-refractivity contribution is -0.116. The summed E-state index contributed by atoms with van der Waals surface area (Å²) < 4.78 is 5.58. The first-order valence-electron chi connectivity index (χ1n) is 7.45. The van der Waals surface area contributed by atoms with E-state index in [1.54, 1.807) is 0 Å². The van der Waals surface area contributed by atoms with Gasteiger partial charge in [-0.1, -0.05) is 6.92 Å². The highest BCUT2D eigenvalue weighted by atomic mass is 35.5. The van der Waals surface area contributed by atoms with Gasteiger partial charge in [0, 0.05) is 18.2 Å². The van der Waals surface area contributed by atoms with E-state index in [0.29, 0.717) is 12.5 Å². The van der Waals surface area contributed by atoms with Crippen molar-refractivity contribution in [2.75, 3.05) is 18.5 Å². The predicted octanol–water partition coefficient (Wildman–Crippen LogP) is 3.29. The van der Waals surface area contributed by atoms with Crippen LogP contribution in [0.25, 0.3) is 0 Å². The molecule has 2 N–H and O–H groups in total. The summed E-state index contributed by atoms with van der Waals surface area (Å²) >= 11 is 0. The molecule has 1 amide bonds. The Kier molecular flexibility index (Phi) is 7.54. The van der Waals surface area contributed by atoms with Gasteiger partial charge in [0.2, 0.25) is 5.91 Å². The molecule has 1 unspecified atom stereocenters. The largest absolute Gasteiger partial charge is 0.494 e. The molecule has 0 aromatic heterocycles. The second-order valence-corrected chi connectivity index (χ2v) is 5.37. The zero-order valence-electron chi connectivity index (χ0n) is 12.8. The van der Waals surface area contributed by atoms with Crippen LogP contribution in [0, 0.1) is 6.92 Å². The van der Waals surface area contributed by atoms with Crippen LogP contribution in [0.3, 0.4) is 0 Å². The monoisotopic (exact) mass is 312 g/mol. The number of hydrogen-bond acceptors (Lipinski definition) is 3. The van der Waals surface area contributed by atoms with Crippen molar-refractivity contribution in [1.29, 1.82) is 0 Å². The molecule has 0 spiro atoms. The van der Waals surface area contributed by atoms with E-state index in [1.807, 2.05) is 25.1 Å². The lowest BCUT2D eigenvalue weighted by Gasteiger charge is -2.13. The Balaban J connectivity index is 0.00000220. The summed E-state index contributed by atoms with van der Waals surface area (Å²) in [6.45, 7) is 5.82. The second-order valence-electron chi connectivity index (χ2n) is 5.37. The first-order chi connectivity index (χ1) is 9.69. The van der Waals surface area contributed by atoms with Gasteiger partial charge in [0.1, 0.15) is 5.75 Å². The molecule has 1 atom stereocenters. The maximum atomic E-state index is 12.0. The Morgan fingerprint density at radius 1 is 1.48 bits per heavy atom. The van der Waals surface area contributed by atoms with Gasteiger partial charge in [0.05, 0.1) is 6.61 Å². The number of amides is 1. The molecule has 1 aromatic rings. The average Bonchev–Trinajstić information content (AvgIpc) is 2.92. The molecule has 2 rings (SSSR count). The molecular formula is C16H25ClN2O2. The fourth-order valence-electron chi connectivity index (χ4n) is 2.44. The third-order valence-corrected chi connectivity index (χ3v) is 3.54. The Labute approximate surface area is 133 Å². The van der Waals surface area contributed by atoms with E-state index in [9.17, 15) is 4.79 Å². The molecule has 0 bridgehead atoms. The van der Waals surface area contributed by atoms with Crippen molar-refractivity contribution in [3.63, 3.8) is 0 Å². The van der Waals surface area contributed by atoms with Crippen LogP contribution in [0.4, 0.5) is 5.69 Å². The Morgan fingerprint density at radius 2 is 2.29 bits per heavy atom. The number of anilines is 1. The summed E-state index contributed by atoms with van der Waals surface area (Å²) in [5.41, 5.74) is 1.91. The molecule has 1 saturated heterocycles. The average molecular weight is 313 g/mol. The van der Waals surface area contributed by atoms with Crippen molar-refractivity contribution < 1.29 is 9.53 Å². The van der Waals surface area contributed by atoms with Gasteiger partial charge in [0.25, 0.3) is 0 Å². The molecular weight excluding hydrogens is 288 g/mol. The summed E-state index contributed by atoms with van der Waals surface area (Å²) in [6, 6.07) is 6.13. The number of nitrogens with one attached hydrogen (secondary N) is 2. The number of carbonyl (C=O) groups excluding carboxylic acids is 1.